The van der Waals surface area contributed by atoms with Crippen LogP contribution in [0.2, 0.25) is 0 Å². The molecular formula is C25H21N. The highest BCUT2D eigenvalue weighted by Gasteiger charge is 2.00. The number of aryl methyl sites for hydroxylation is 1. The maximum absolute atomic E-state index is 3.38. The Morgan fingerprint density at radius 1 is 0.462 bits per heavy atom. The van der Waals surface area contributed by atoms with E-state index >= 15 is 0 Å². The molecule has 0 saturated carbocycles. The van der Waals surface area contributed by atoms with Gasteiger partial charge in [-0.3, -0.25) is 0 Å². The van der Waals surface area contributed by atoms with E-state index in [1.54, 1.807) is 0 Å². The fourth-order valence-corrected chi connectivity index (χ4v) is 3.18. The van der Waals surface area contributed by atoms with Gasteiger partial charge in [0.15, 0.2) is 0 Å². The van der Waals surface area contributed by atoms with E-state index in [9.17, 15) is 0 Å². The first-order valence-corrected chi connectivity index (χ1v) is 8.89. The van der Waals surface area contributed by atoms with Crippen LogP contribution in [0, 0.1) is 6.92 Å². The minimum atomic E-state index is 1.21. The molecule has 1 aromatic heterocycles. The quantitative estimate of drug-likeness (QED) is 0.340. The number of nitrogens with one attached hydrogen (secondary N) is 1. The predicted octanol–water partition coefficient (Wildman–Crippen LogP) is 6.98. The van der Waals surface area contributed by atoms with Crippen molar-refractivity contribution in [3.8, 4) is 11.1 Å². The summed E-state index contributed by atoms with van der Waals surface area (Å²) in [6.07, 6.45) is 0. The lowest BCUT2D eigenvalue weighted by Crippen LogP contribution is -1.76. The summed E-state index contributed by atoms with van der Waals surface area (Å²) < 4.78 is 0. The number of rotatable bonds is 1. The van der Waals surface area contributed by atoms with Crippen LogP contribution in [0.5, 0.6) is 0 Å². The zero-order chi connectivity index (χ0) is 17.8. The van der Waals surface area contributed by atoms with Crippen molar-refractivity contribution < 1.29 is 0 Å². The molecule has 0 aliphatic rings. The van der Waals surface area contributed by atoms with E-state index in [0.717, 1.165) is 0 Å². The van der Waals surface area contributed by atoms with Crippen LogP contribution in [0.15, 0.2) is 103 Å². The predicted molar refractivity (Wildman–Crippen MR) is 112 cm³/mol. The van der Waals surface area contributed by atoms with Gasteiger partial charge in [0.05, 0.1) is 0 Å². The van der Waals surface area contributed by atoms with E-state index in [1.165, 1.54) is 38.5 Å². The molecule has 0 spiro atoms. The number of fused-ring (bicyclic) bond motifs is 3. The summed E-state index contributed by atoms with van der Waals surface area (Å²) in [7, 11) is 0. The van der Waals surface area contributed by atoms with Crippen LogP contribution in [0.4, 0.5) is 0 Å². The Labute approximate surface area is 153 Å². The van der Waals surface area contributed by atoms with Gasteiger partial charge in [-0.15, -0.1) is 0 Å². The van der Waals surface area contributed by atoms with Crippen molar-refractivity contribution in [1.82, 2.24) is 4.98 Å². The molecule has 0 atom stereocenters. The molecule has 5 rings (SSSR count). The van der Waals surface area contributed by atoms with Gasteiger partial charge < -0.3 is 4.98 Å². The largest absolute Gasteiger partial charge is 0.355 e. The van der Waals surface area contributed by atoms with Gasteiger partial charge in [-0.25, -0.2) is 0 Å². The van der Waals surface area contributed by atoms with E-state index < -0.39 is 0 Å². The zero-order valence-electron chi connectivity index (χ0n) is 14.8. The molecule has 0 unspecified atom stereocenters. The fraction of sp³-hybridized carbons (Fsp3) is 0.0400. The summed E-state index contributed by atoms with van der Waals surface area (Å²) in [5, 5.41) is 2.61. The average molecular weight is 335 g/mol. The maximum atomic E-state index is 3.38. The van der Waals surface area contributed by atoms with Crippen molar-refractivity contribution in [2.24, 2.45) is 0 Å². The third kappa shape index (κ3) is 3.38. The molecule has 26 heavy (non-hydrogen) atoms. The molecule has 126 valence electrons. The SMILES string of the molecule is Cc1ccc(-c2ccccc2)cc1.c1ccc2c(c1)[nH]c1ccccc12. The zero-order valence-corrected chi connectivity index (χ0v) is 14.8. The second kappa shape index (κ2) is 7.28. The number of H-pyrrole nitrogens is 1. The molecule has 0 saturated heterocycles. The van der Waals surface area contributed by atoms with Crippen LogP contribution in [0.25, 0.3) is 32.9 Å². The molecule has 1 nitrogen and oxygen atoms in total. The highest BCUT2D eigenvalue weighted by molar-refractivity contribution is 6.06. The monoisotopic (exact) mass is 335 g/mol. The second-order valence-electron chi connectivity index (χ2n) is 6.45. The lowest BCUT2D eigenvalue weighted by Gasteiger charge is -2.00. The van der Waals surface area contributed by atoms with Crippen molar-refractivity contribution in [2.45, 2.75) is 6.92 Å². The van der Waals surface area contributed by atoms with Crippen LogP contribution in [0.1, 0.15) is 5.56 Å². The van der Waals surface area contributed by atoms with E-state index in [4.69, 9.17) is 0 Å². The van der Waals surface area contributed by atoms with E-state index in [1.807, 2.05) is 6.07 Å². The van der Waals surface area contributed by atoms with Gasteiger partial charge in [-0.1, -0.05) is 96.6 Å². The lowest BCUT2D eigenvalue weighted by atomic mass is 10.0. The summed E-state index contributed by atoms with van der Waals surface area (Å²) in [5.41, 5.74) is 6.29. The first-order valence-electron chi connectivity index (χ1n) is 8.89. The minimum absolute atomic E-state index is 1.21. The Kier molecular flexibility index (Phi) is 4.53. The molecule has 4 aromatic carbocycles. The Morgan fingerprint density at radius 3 is 1.50 bits per heavy atom. The van der Waals surface area contributed by atoms with Gasteiger partial charge >= 0.3 is 0 Å². The molecule has 5 aromatic rings. The van der Waals surface area contributed by atoms with Crippen molar-refractivity contribution >= 4 is 21.8 Å². The summed E-state index contributed by atoms with van der Waals surface area (Å²) >= 11 is 0. The molecule has 0 aliphatic heterocycles. The summed E-state index contributed by atoms with van der Waals surface area (Å²) in [5.74, 6) is 0. The normalized spacial score (nSPS) is 10.5. The van der Waals surface area contributed by atoms with Crippen LogP contribution in [-0.2, 0) is 0 Å². The van der Waals surface area contributed by atoms with Crippen LogP contribution in [-0.4, -0.2) is 4.98 Å². The highest BCUT2D eigenvalue weighted by Crippen LogP contribution is 2.24. The summed E-state index contributed by atoms with van der Waals surface area (Å²) in [6.45, 7) is 2.11. The average Bonchev–Trinajstić information content (AvgIpc) is 3.08. The fourth-order valence-electron chi connectivity index (χ4n) is 3.18. The number of hydrogen-bond acceptors (Lipinski definition) is 0. The second-order valence-corrected chi connectivity index (χ2v) is 6.45. The standard InChI is InChI=1S/C13H12.C12H9N/c1-11-7-9-13(10-8-11)12-5-3-2-4-6-12;1-3-7-11-9(5-1)10-6-2-4-8-12(10)13-11/h2-10H,1H3;1-8,13H. The topological polar surface area (TPSA) is 15.8 Å². The first-order chi connectivity index (χ1) is 12.8. The maximum Gasteiger partial charge on any atom is 0.0464 e. The molecular weight excluding hydrogens is 314 g/mol. The van der Waals surface area contributed by atoms with E-state index in [0.29, 0.717) is 0 Å². The Morgan fingerprint density at radius 2 is 0.923 bits per heavy atom. The number of benzene rings is 4. The minimum Gasteiger partial charge on any atom is -0.355 e. The molecule has 0 amide bonds. The smallest absolute Gasteiger partial charge is 0.0464 e. The van der Waals surface area contributed by atoms with Crippen LogP contribution < -0.4 is 0 Å². The Bertz CT molecular complexity index is 1070. The van der Waals surface area contributed by atoms with Crippen molar-refractivity contribution in [2.75, 3.05) is 0 Å². The third-order valence-corrected chi connectivity index (χ3v) is 4.57. The van der Waals surface area contributed by atoms with Gasteiger partial charge in [-0.2, -0.15) is 0 Å². The Hall–Kier alpha value is -3.32. The molecule has 0 bridgehead atoms. The van der Waals surface area contributed by atoms with Crippen molar-refractivity contribution in [3.63, 3.8) is 0 Å². The van der Waals surface area contributed by atoms with Crippen LogP contribution >= 0.6 is 0 Å². The van der Waals surface area contributed by atoms with Gasteiger partial charge in [0.2, 0.25) is 0 Å². The van der Waals surface area contributed by atoms with Crippen LogP contribution in [0.3, 0.4) is 0 Å². The first kappa shape index (κ1) is 16.2. The van der Waals surface area contributed by atoms with Crippen molar-refractivity contribution in [3.05, 3.63) is 109 Å². The van der Waals surface area contributed by atoms with E-state index in [-0.39, 0.29) is 0 Å². The Balaban J connectivity index is 0.000000129. The highest BCUT2D eigenvalue weighted by atomic mass is 14.7. The number of para-hydroxylation sites is 2. The number of aromatic nitrogens is 1. The van der Waals surface area contributed by atoms with Gasteiger partial charge in [0.1, 0.15) is 0 Å². The van der Waals surface area contributed by atoms with Gasteiger partial charge in [0.25, 0.3) is 0 Å². The summed E-state index contributed by atoms with van der Waals surface area (Å²) in [6, 6.07) is 35.8. The molecule has 1 heteroatoms. The van der Waals surface area contributed by atoms with Gasteiger partial charge in [0, 0.05) is 21.8 Å². The number of hydrogen-bond donors (Lipinski definition) is 1. The van der Waals surface area contributed by atoms with E-state index in [2.05, 4.69) is 109 Å². The van der Waals surface area contributed by atoms with Gasteiger partial charge in [-0.05, 0) is 30.2 Å². The summed E-state index contributed by atoms with van der Waals surface area (Å²) in [4.78, 5) is 3.38. The van der Waals surface area contributed by atoms with Crippen molar-refractivity contribution in [1.29, 1.82) is 0 Å². The number of aromatic amines is 1. The third-order valence-electron chi connectivity index (χ3n) is 4.57. The lowest BCUT2D eigenvalue weighted by molar-refractivity contribution is 1.47. The molecule has 0 aliphatic carbocycles. The molecule has 0 fully saturated rings. The molecule has 1 N–H and O–H groups in total. The molecule has 0 radical (unpaired) electrons. The molecule has 1 heterocycles.